The highest BCUT2D eigenvalue weighted by molar-refractivity contribution is 5.43. The number of hydrogen-bond acceptors (Lipinski definition) is 4. The Labute approximate surface area is 206 Å². The summed E-state index contributed by atoms with van der Waals surface area (Å²) in [6, 6.07) is 33.2. The predicted octanol–water partition coefficient (Wildman–Crippen LogP) is 9.13. The molecule has 0 aliphatic rings. The van der Waals surface area contributed by atoms with Gasteiger partial charge in [-0.3, -0.25) is 0 Å². The van der Waals surface area contributed by atoms with Crippen molar-refractivity contribution in [2.75, 3.05) is 0 Å². The van der Waals surface area contributed by atoms with Crippen LogP contribution in [0.5, 0.6) is 46.0 Å². The van der Waals surface area contributed by atoms with Crippen molar-refractivity contribution < 1.29 is 27.7 Å². The lowest BCUT2D eigenvalue weighted by molar-refractivity contribution is 0.451. The molecule has 6 heteroatoms. The van der Waals surface area contributed by atoms with Crippen LogP contribution in [0.3, 0.4) is 0 Å². The van der Waals surface area contributed by atoms with E-state index in [1.165, 1.54) is 24.3 Å². The molecule has 5 aromatic carbocycles. The van der Waals surface area contributed by atoms with Gasteiger partial charge in [-0.15, -0.1) is 0 Å². The standard InChI is InChI=1S/C30H20F2O4/c31-21-5-1-7-25(17-21)35-29-11-3-9-27(19-29)33-23-13-15-24(16-14-23)34-28-10-4-12-30(20-28)36-26-8-2-6-22(32)18-26/h1-20H. The van der Waals surface area contributed by atoms with E-state index in [1.807, 2.05) is 0 Å². The van der Waals surface area contributed by atoms with Crippen molar-refractivity contribution >= 4 is 0 Å². The van der Waals surface area contributed by atoms with E-state index in [4.69, 9.17) is 18.9 Å². The second-order valence-electron chi connectivity index (χ2n) is 7.74. The average Bonchev–Trinajstić information content (AvgIpc) is 2.86. The van der Waals surface area contributed by atoms with E-state index in [9.17, 15) is 8.78 Å². The first-order chi connectivity index (χ1) is 17.6. The first kappa shape index (κ1) is 22.9. The Morgan fingerprint density at radius 1 is 0.306 bits per heavy atom. The van der Waals surface area contributed by atoms with Crippen molar-refractivity contribution in [2.24, 2.45) is 0 Å². The van der Waals surface area contributed by atoms with Gasteiger partial charge in [0.2, 0.25) is 0 Å². The van der Waals surface area contributed by atoms with Crippen molar-refractivity contribution in [1.29, 1.82) is 0 Å². The summed E-state index contributed by atoms with van der Waals surface area (Å²) in [6.45, 7) is 0. The summed E-state index contributed by atoms with van der Waals surface area (Å²) in [7, 11) is 0. The number of benzene rings is 5. The molecule has 4 nitrogen and oxygen atoms in total. The molecular weight excluding hydrogens is 462 g/mol. The molecule has 0 atom stereocenters. The Balaban J connectivity index is 1.22. The molecule has 0 spiro atoms. The third-order valence-electron chi connectivity index (χ3n) is 4.97. The van der Waals surface area contributed by atoms with E-state index in [0.717, 1.165) is 0 Å². The summed E-state index contributed by atoms with van der Waals surface area (Å²) in [4.78, 5) is 0. The summed E-state index contributed by atoms with van der Waals surface area (Å²) in [5.41, 5.74) is 0. The molecule has 0 saturated heterocycles. The van der Waals surface area contributed by atoms with Crippen LogP contribution in [0.25, 0.3) is 0 Å². The van der Waals surface area contributed by atoms with Crippen LogP contribution in [0.1, 0.15) is 0 Å². The maximum absolute atomic E-state index is 13.4. The molecule has 0 fully saturated rings. The van der Waals surface area contributed by atoms with E-state index in [2.05, 4.69) is 0 Å². The zero-order chi connectivity index (χ0) is 24.7. The Kier molecular flexibility index (Phi) is 6.76. The largest absolute Gasteiger partial charge is 0.457 e. The fourth-order valence-corrected chi connectivity index (χ4v) is 3.38. The molecule has 0 N–H and O–H groups in total. The third kappa shape index (κ3) is 6.18. The van der Waals surface area contributed by atoms with Gasteiger partial charge in [0.1, 0.15) is 57.6 Å². The number of rotatable bonds is 8. The van der Waals surface area contributed by atoms with Gasteiger partial charge >= 0.3 is 0 Å². The predicted molar refractivity (Wildman–Crippen MR) is 132 cm³/mol. The molecule has 5 rings (SSSR count). The molecule has 5 aromatic rings. The van der Waals surface area contributed by atoms with E-state index < -0.39 is 0 Å². The Morgan fingerprint density at radius 3 is 0.917 bits per heavy atom. The molecule has 178 valence electrons. The van der Waals surface area contributed by atoms with Crippen LogP contribution in [0.15, 0.2) is 121 Å². The molecule has 0 aliphatic carbocycles. The maximum atomic E-state index is 13.4. The van der Waals surface area contributed by atoms with Gasteiger partial charge in [0.05, 0.1) is 0 Å². The van der Waals surface area contributed by atoms with Gasteiger partial charge in [0.15, 0.2) is 0 Å². The van der Waals surface area contributed by atoms with E-state index in [-0.39, 0.29) is 11.6 Å². The molecule has 0 amide bonds. The number of ether oxygens (including phenoxy) is 4. The average molecular weight is 482 g/mol. The lowest BCUT2D eigenvalue weighted by atomic mass is 10.3. The molecular formula is C30H20F2O4. The van der Waals surface area contributed by atoms with E-state index in [0.29, 0.717) is 46.0 Å². The van der Waals surface area contributed by atoms with Gasteiger partial charge in [0, 0.05) is 24.3 Å². The van der Waals surface area contributed by atoms with E-state index >= 15 is 0 Å². The molecule has 0 bridgehead atoms. The second kappa shape index (κ2) is 10.6. The normalized spacial score (nSPS) is 10.5. The van der Waals surface area contributed by atoms with Gasteiger partial charge in [-0.25, -0.2) is 8.78 Å². The molecule has 0 heterocycles. The maximum Gasteiger partial charge on any atom is 0.131 e. The topological polar surface area (TPSA) is 36.9 Å². The Hall–Kier alpha value is -4.84. The van der Waals surface area contributed by atoms with E-state index in [1.54, 1.807) is 97.1 Å². The van der Waals surface area contributed by atoms with Crippen LogP contribution in [0, 0.1) is 11.6 Å². The van der Waals surface area contributed by atoms with Gasteiger partial charge in [-0.05, 0) is 72.8 Å². The fourth-order valence-electron chi connectivity index (χ4n) is 3.38. The van der Waals surface area contributed by atoms with Crippen molar-refractivity contribution in [3.8, 4) is 46.0 Å². The van der Waals surface area contributed by atoms with Crippen molar-refractivity contribution in [1.82, 2.24) is 0 Å². The highest BCUT2D eigenvalue weighted by Crippen LogP contribution is 2.32. The van der Waals surface area contributed by atoms with Gasteiger partial charge < -0.3 is 18.9 Å². The minimum Gasteiger partial charge on any atom is -0.457 e. The monoisotopic (exact) mass is 482 g/mol. The van der Waals surface area contributed by atoms with Crippen molar-refractivity contribution in [3.05, 3.63) is 133 Å². The third-order valence-corrected chi connectivity index (χ3v) is 4.97. The fraction of sp³-hybridized carbons (Fsp3) is 0. The SMILES string of the molecule is Fc1cccc(Oc2cccc(Oc3ccc(Oc4cccc(Oc5cccc(F)c5)c4)cc3)c2)c1. The van der Waals surface area contributed by atoms with Crippen LogP contribution in [-0.4, -0.2) is 0 Å². The molecule has 0 radical (unpaired) electrons. The molecule has 0 saturated carbocycles. The Bertz CT molecular complexity index is 1360. The zero-order valence-electron chi connectivity index (χ0n) is 18.9. The van der Waals surface area contributed by atoms with Crippen LogP contribution in [0.4, 0.5) is 8.78 Å². The quantitative estimate of drug-likeness (QED) is 0.221. The molecule has 0 aliphatic heterocycles. The van der Waals surface area contributed by atoms with Gasteiger partial charge in [0.25, 0.3) is 0 Å². The van der Waals surface area contributed by atoms with Crippen LogP contribution >= 0.6 is 0 Å². The minimum absolute atomic E-state index is 0.368. The summed E-state index contributed by atoms with van der Waals surface area (Å²) in [6.07, 6.45) is 0. The summed E-state index contributed by atoms with van der Waals surface area (Å²) in [5, 5.41) is 0. The molecule has 0 unspecified atom stereocenters. The smallest absolute Gasteiger partial charge is 0.131 e. The lowest BCUT2D eigenvalue weighted by Crippen LogP contribution is -1.89. The Morgan fingerprint density at radius 2 is 0.583 bits per heavy atom. The molecule has 0 aromatic heterocycles. The summed E-state index contributed by atoms with van der Waals surface area (Å²) >= 11 is 0. The van der Waals surface area contributed by atoms with Crippen molar-refractivity contribution in [2.45, 2.75) is 0 Å². The summed E-state index contributed by atoms with van der Waals surface area (Å²) < 4.78 is 50.0. The number of hydrogen-bond donors (Lipinski definition) is 0. The summed E-state index contributed by atoms with van der Waals surface area (Å²) in [5.74, 6) is 3.47. The second-order valence-corrected chi connectivity index (χ2v) is 7.74. The number of halogens is 2. The molecule has 36 heavy (non-hydrogen) atoms. The lowest BCUT2D eigenvalue weighted by Gasteiger charge is -2.11. The highest BCUT2D eigenvalue weighted by Gasteiger charge is 2.05. The van der Waals surface area contributed by atoms with Gasteiger partial charge in [-0.1, -0.05) is 24.3 Å². The van der Waals surface area contributed by atoms with Crippen LogP contribution in [0.2, 0.25) is 0 Å². The van der Waals surface area contributed by atoms with Gasteiger partial charge in [-0.2, -0.15) is 0 Å². The highest BCUT2D eigenvalue weighted by atomic mass is 19.1. The first-order valence-corrected chi connectivity index (χ1v) is 11.1. The zero-order valence-corrected chi connectivity index (χ0v) is 18.9. The van der Waals surface area contributed by atoms with Crippen LogP contribution < -0.4 is 18.9 Å². The first-order valence-electron chi connectivity index (χ1n) is 11.1. The van der Waals surface area contributed by atoms with Crippen LogP contribution in [-0.2, 0) is 0 Å². The minimum atomic E-state index is -0.368. The van der Waals surface area contributed by atoms with Crippen molar-refractivity contribution in [3.63, 3.8) is 0 Å².